The average molecular weight is 425 g/mol. The van der Waals surface area contributed by atoms with E-state index in [4.69, 9.17) is 21.1 Å². The summed E-state index contributed by atoms with van der Waals surface area (Å²) in [6.45, 7) is 1.84. The van der Waals surface area contributed by atoms with Crippen molar-refractivity contribution in [3.8, 4) is 11.5 Å². The third-order valence-electron chi connectivity index (χ3n) is 4.29. The van der Waals surface area contributed by atoms with Crippen molar-refractivity contribution in [2.45, 2.75) is 13.0 Å². The fraction of sp³-hybridized carbons (Fsp3) is 0.316. The zero-order chi connectivity index (χ0) is 20.3. The molecular formula is C19H21ClN2O5S. The van der Waals surface area contributed by atoms with Crippen LogP contribution < -0.4 is 19.1 Å². The summed E-state index contributed by atoms with van der Waals surface area (Å²) in [5.74, 6) is 0.817. The molecule has 1 aliphatic heterocycles. The summed E-state index contributed by atoms with van der Waals surface area (Å²) in [5, 5.41) is 3.14. The van der Waals surface area contributed by atoms with Gasteiger partial charge in [-0.05, 0) is 36.8 Å². The smallest absolute Gasteiger partial charge is 0.240 e. The zero-order valence-electron chi connectivity index (χ0n) is 15.5. The lowest BCUT2D eigenvalue weighted by molar-refractivity contribution is -0.120. The van der Waals surface area contributed by atoms with Gasteiger partial charge in [0.1, 0.15) is 19.3 Å². The number of sulfonamides is 1. The molecule has 1 amide bonds. The Hall–Kier alpha value is -2.45. The van der Waals surface area contributed by atoms with Gasteiger partial charge in [0.15, 0.2) is 11.5 Å². The molecule has 0 aliphatic carbocycles. The van der Waals surface area contributed by atoms with Gasteiger partial charge in [0, 0.05) is 5.02 Å². The van der Waals surface area contributed by atoms with Gasteiger partial charge < -0.3 is 14.8 Å². The van der Waals surface area contributed by atoms with E-state index in [0.29, 0.717) is 34.4 Å². The Bertz CT molecular complexity index is 980. The zero-order valence-corrected chi connectivity index (χ0v) is 17.1. The molecule has 0 bridgehead atoms. The van der Waals surface area contributed by atoms with Crippen LogP contribution in [0.1, 0.15) is 5.56 Å². The van der Waals surface area contributed by atoms with Crippen molar-refractivity contribution in [1.82, 2.24) is 5.32 Å². The van der Waals surface area contributed by atoms with Crippen LogP contribution in [-0.4, -0.2) is 46.4 Å². The molecule has 2 aromatic carbocycles. The molecule has 1 atom stereocenters. The van der Waals surface area contributed by atoms with Gasteiger partial charge >= 0.3 is 0 Å². The van der Waals surface area contributed by atoms with Crippen LogP contribution in [-0.2, 0) is 14.8 Å². The highest BCUT2D eigenvalue weighted by molar-refractivity contribution is 7.92. The number of carbonyl (C=O) groups is 1. The summed E-state index contributed by atoms with van der Waals surface area (Å²) in [4.78, 5) is 12.4. The number of amides is 1. The molecule has 0 spiro atoms. The Balaban J connectivity index is 1.64. The summed E-state index contributed by atoms with van der Waals surface area (Å²) in [5.41, 5.74) is 0.958. The number of nitrogens with zero attached hydrogens (tertiary/aromatic N) is 1. The van der Waals surface area contributed by atoms with Crippen LogP contribution in [0, 0.1) is 6.92 Å². The van der Waals surface area contributed by atoms with Crippen molar-refractivity contribution in [1.29, 1.82) is 0 Å². The molecule has 0 unspecified atom stereocenters. The van der Waals surface area contributed by atoms with Crippen LogP contribution in [0.15, 0.2) is 42.5 Å². The normalized spacial score (nSPS) is 15.8. The molecular weight excluding hydrogens is 404 g/mol. The van der Waals surface area contributed by atoms with E-state index in [-0.39, 0.29) is 19.2 Å². The number of hydrogen-bond donors (Lipinski definition) is 1. The first-order chi connectivity index (χ1) is 13.3. The number of anilines is 1. The van der Waals surface area contributed by atoms with Crippen LogP contribution in [0.4, 0.5) is 5.69 Å². The van der Waals surface area contributed by atoms with E-state index in [0.717, 1.165) is 10.6 Å². The summed E-state index contributed by atoms with van der Waals surface area (Å²) in [6, 6.07) is 12.2. The number of ether oxygens (including phenoxy) is 2. The predicted molar refractivity (Wildman–Crippen MR) is 108 cm³/mol. The van der Waals surface area contributed by atoms with Crippen molar-refractivity contribution in [2.75, 3.05) is 30.3 Å². The van der Waals surface area contributed by atoms with Gasteiger partial charge in [0.25, 0.3) is 0 Å². The minimum atomic E-state index is -3.68. The molecule has 7 nitrogen and oxygen atoms in total. The number of rotatable bonds is 6. The molecule has 1 heterocycles. The highest BCUT2D eigenvalue weighted by Gasteiger charge is 2.25. The van der Waals surface area contributed by atoms with E-state index < -0.39 is 15.9 Å². The number of benzene rings is 2. The van der Waals surface area contributed by atoms with Crippen LogP contribution in [0.3, 0.4) is 0 Å². The summed E-state index contributed by atoms with van der Waals surface area (Å²) in [6.07, 6.45) is 0.689. The van der Waals surface area contributed by atoms with Crippen molar-refractivity contribution in [2.24, 2.45) is 0 Å². The second-order valence-corrected chi connectivity index (χ2v) is 8.77. The van der Waals surface area contributed by atoms with Gasteiger partial charge in [0.05, 0.1) is 18.5 Å². The lowest BCUT2D eigenvalue weighted by Gasteiger charge is -2.27. The minimum absolute atomic E-state index is 0.194. The maximum absolute atomic E-state index is 12.4. The molecule has 3 rings (SSSR count). The first kappa shape index (κ1) is 20.3. The van der Waals surface area contributed by atoms with Crippen LogP contribution in [0.25, 0.3) is 0 Å². The molecule has 0 fully saturated rings. The van der Waals surface area contributed by atoms with E-state index in [9.17, 15) is 13.2 Å². The van der Waals surface area contributed by atoms with E-state index in [1.165, 1.54) is 0 Å². The predicted octanol–water partition coefficient (Wildman–Crippen LogP) is 2.37. The molecule has 1 aliphatic rings. The number of nitrogens with one attached hydrogen (secondary N) is 1. The van der Waals surface area contributed by atoms with Crippen molar-refractivity contribution >= 4 is 33.2 Å². The molecule has 0 aromatic heterocycles. The standard InChI is InChI=1S/C19H21ClN2O5S/c1-13-15(20)6-5-7-16(13)22(28(2,24)25)11-19(23)21-10-14-12-26-17-8-3-4-9-18(17)27-14/h3-9,14H,10-12H2,1-2H3,(H,21,23)/t14-/m0/s1. The second kappa shape index (κ2) is 8.28. The van der Waals surface area contributed by atoms with Gasteiger partial charge in [-0.15, -0.1) is 0 Å². The largest absolute Gasteiger partial charge is 0.486 e. The van der Waals surface area contributed by atoms with Gasteiger partial charge in [-0.25, -0.2) is 8.42 Å². The quantitative estimate of drug-likeness (QED) is 0.769. The summed E-state index contributed by atoms with van der Waals surface area (Å²) in [7, 11) is -3.68. The molecule has 0 radical (unpaired) electrons. The van der Waals surface area contributed by atoms with E-state index in [1.54, 1.807) is 37.3 Å². The average Bonchev–Trinajstić information content (AvgIpc) is 2.66. The lowest BCUT2D eigenvalue weighted by atomic mass is 10.2. The fourth-order valence-corrected chi connectivity index (χ4v) is 3.90. The summed E-state index contributed by atoms with van der Waals surface area (Å²) < 4.78 is 36.9. The Morgan fingerprint density at radius 1 is 1.21 bits per heavy atom. The van der Waals surface area contributed by atoms with Gasteiger partial charge in [-0.2, -0.15) is 0 Å². The highest BCUT2D eigenvalue weighted by atomic mass is 35.5. The topological polar surface area (TPSA) is 84.9 Å². The monoisotopic (exact) mass is 424 g/mol. The van der Waals surface area contributed by atoms with E-state index in [2.05, 4.69) is 5.32 Å². The van der Waals surface area contributed by atoms with Crippen molar-refractivity contribution in [3.05, 3.63) is 53.1 Å². The number of halogens is 1. The third-order valence-corrected chi connectivity index (χ3v) is 5.83. The van der Waals surface area contributed by atoms with Crippen molar-refractivity contribution < 1.29 is 22.7 Å². The Morgan fingerprint density at radius 3 is 2.64 bits per heavy atom. The van der Waals surface area contributed by atoms with Crippen LogP contribution in [0.5, 0.6) is 11.5 Å². The highest BCUT2D eigenvalue weighted by Crippen LogP contribution is 2.31. The minimum Gasteiger partial charge on any atom is -0.486 e. The second-order valence-electron chi connectivity index (χ2n) is 6.46. The molecule has 0 saturated carbocycles. The van der Waals surface area contributed by atoms with E-state index >= 15 is 0 Å². The third kappa shape index (κ3) is 4.69. The first-order valence-corrected chi connectivity index (χ1v) is 10.9. The number of para-hydroxylation sites is 2. The van der Waals surface area contributed by atoms with Crippen molar-refractivity contribution in [3.63, 3.8) is 0 Å². The Kier molecular flexibility index (Phi) is 6.00. The Morgan fingerprint density at radius 2 is 1.93 bits per heavy atom. The molecule has 1 N–H and O–H groups in total. The van der Waals surface area contributed by atoms with Gasteiger partial charge in [0.2, 0.25) is 15.9 Å². The lowest BCUT2D eigenvalue weighted by Crippen LogP contribution is -2.45. The summed E-state index contributed by atoms with van der Waals surface area (Å²) >= 11 is 6.10. The van der Waals surface area contributed by atoms with Gasteiger partial charge in [-0.1, -0.05) is 29.8 Å². The van der Waals surface area contributed by atoms with Crippen LogP contribution >= 0.6 is 11.6 Å². The number of fused-ring (bicyclic) bond motifs is 1. The first-order valence-electron chi connectivity index (χ1n) is 8.63. The number of carbonyl (C=O) groups excluding carboxylic acids is 1. The SMILES string of the molecule is Cc1c(Cl)cccc1N(CC(=O)NC[C@H]1COc2ccccc2O1)S(C)(=O)=O. The maximum atomic E-state index is 12.4. The molecule has 150 valence electrons. The Labute approximate surface area is 169 Å². The van der Waals surface area contributed by atoms with E-state index in [1.807, 2.05) is 12.1 Å². The van der Waals surface area contributed by atoms with Gasteiger partial charge in [-0.3, -0.25) is 9.10 Å². The fourth-order valence-electron chi connectivity index (χ4n) is 2.83. The molecule has 0 saturated heterocycles. The number of hydrogen-bond acceptors (Lipinski definition) is 5. The molecule has 28 heavy (non-hydrogen) atoms. The maximum Gasteiger partial charge on any atom is 0.240 e. The van der Waals surface area contributed by atoms with Crippen LogP contribution in [0.2, 0.25) is 5.02 Å². The molecule has 9 heteroatoms. The molecule has 2 aromatic rings.